The van der Waals surface area contributed by atoms with Crippen LogP contribution in [0.25, 0.3) is 0 Å². The molecule has 4 amide bonds. The van der Waals surface area contributed by atoms with Gasteiger partial charge >= 0.3 is 17.8 Å². The molecule has 0 aromatic heterocycles. The van der Waals surface area contributed by atoms with Gasteiger partial charge in [0, 0.05) is 32.2 Å². The second kappa shape index (κ2) is 7.85. The predicted molar refractivity (Wildman–Crippen MR) is 103 cm³/mol. The molecule has 0 N–H and O–H groups in total. The van der Waals surface area contributed by atoms with Crippen LogP contribution in [0.5, 0.6) is 0 Å². The van der Waals surface area contributed by atoms with E-state index in [-0.39, 0.29) is 30.7 Å². The highest BCUT2D eigenvalue weighted by Gasteiger charge is 2.48. The molecule has 4 rings (SSSR count). The van der Waals surface area contributed by atoms with E-state index in [0.717, 1.165) is 35.5 Å². The van der Waals surface area contributed by atoms with Crippen molar-refractivity contribution in [1.29, 1.82) is 0 Å². The molecule has 156 valence electrons. The number of carbonyl (C=O) groups is 3. The van der Waals surface area contributed by atoms with Gasteiger partial charge in [-0.2, -0.15) is 4.31 Å². The van der Waals surface area contributed by atoms with Crippen molar-refractivity contribution < 1.29 is 22.8 Å². The molecule has 0 unspecified atom stereocenters. The van der Waals surface area contributed by atoms with Crippen LogP contribution in [0.2, 0.25) is 0 Å². The Morgan fingerprint density at radius 1 is 0.862 bits per heavy atom. The number of imide groups is 2. The predicted octanol–water partition coefficient (Wildman–Crippen LogP) is 0.684. The fourth-order valence-electron chi connectivity index (χ4n) is 4.18. The van der Waals surface area contributed by atoms with Crippen LogP contribution < -0.4 is 0 Å². The third kappa shape index (κ3) is 3.67. The summed E-state index contributed by atoms with van der Waals surface area (Å²) in [6, 6.07) is 7.51. The second-order valence-electron chi connectivity index (χ2n) is 7.61. The standard InChI is InChI=1S/C19H24N4O5S/c24-17-18(25)23(15-6-4-5-7-15)19(26)22(17)14-20-10-12-21(13-11-20)29(27,28)16-8-2-1-3-9-16/h1-3,8-9,15H,4-7,10-14H2. The van der Waals surface area contributed by atoms with Crippen LogP contribution in [0.1, 0.15) is 25.7 Å². The summed E-state index contributed by atoms with van der Waals surface area (Å²) < 4.78 is 26.8. The van der Waals surface area contributed by atoms with E-state index in [1.54, 1.807) is 30.3 Å². The van der Waals surface area contributed by atoms with Crippen LogP contribution >= 0.6 is 0 Å². The summed E-state index contributed by atoms with van der Waals surface area (Å²) in [5.41, 5.74) is 0. The van der Waals surface area contributed by atoms with E-state index in [1.165, 1.54) is 4.31 Å². The maximum Gasteiger partial charge on any atom is 0.335 e. The lowest BCUT2D eigenvalue weighted by molar-refractivity contribution is -0.144. The Kier molecular flexibility index (Phi) is 5.41. The minimum absolute atomic E-state index is 0.00580. The van der Waals surface area contributed by atoms with Gasteiger partial charge in [0.1, 0.15) is 0 Å². The van der Waals surface area contributed by atoms with Gasteiger partial charge in [0.15, 0.2) is 0 Å². The number of rotatable bonds is 5. The average molecular weight is 420 g/mol. The number of urea groups is 1. The number of sulfonamides is 1. The van der Waals surface area contributed by atoms with E-state index < -0.39 is 27.9 Å². The largest absolute Gasteiger partial charge is 0.335 e. The third-order valence-corrected chi connectivity index (χ3v) is 7.74. The highest BCUT2D eigenvalue weighted by molar-refractivity contribution is 7.89. The van der Waals surface area contributed by atoms with Crippen LogP contribution in [-0.4, -0.2) is 84.2 Å². The van der Waals surface area contributed by atoms with E-state index in [4.69, 9.17) is 0 Å². The van der Waals surface area contributed by atoms with E-state index in [9.17, 15) is 22.8 Å². The average Bonchev–Trinajstić information content (AvgIpc) is 3.32. The number of nitrogens with zero attached hydrogens (tertiary/aromatic N) is 4. The number of hydrogen-bond donors (Lipinski definition) is 0. The molecular formula is C19H24N4O5S. The number of carbonyl (C=O) groups excluding carboxylic acids is 3. The van der Waals surface area contributed by atoms with Crippen molar-refractivity contribution in [2.75, 3.05) is 32.8 Å². The van der Waals surface area contributed by atoms with Crippen molar-refractivity contribution in [1.82, 2.24) is 19.0 Å². The Morgan fingerprint density at radius 3 is 2.10 bits per heavy atom. The minimum atomic E-state index is -3.57. The van der Waals surface area contributed by atoms with Gasteiger partial charge in [-0.15, -0.1) is 0 Å². The highest BCUT2D eigenvalue weighted by Crippen LogP contribution is 2.28. The zero-order valence-corrected chi connectivity index (χ0v) is 16.9. The van der Waals surface area contributed by atoms with Crippen molar-refractivity contribution in [3.8, 4) is 0 Å². The van der Waals surface area contributed by atoms with Gasteiger partial charge in [0.2, 0.25) is 10.0 Å². The molecule has 1 aromatic carbocycles. The Balaban J connectivity index is 1.38. The number of hydrogen-bond acceptors (Lipinski definition) is 6. The molecule has 2 aliphatic heterocycles. The first-order valence-corrected chi connectivity index (χ1v) is 11.3. The van der Waals surface area contributed by atoms with Crippen molar-refractivity contribution >= 4 is 27.9 Å². The van der Waals surface area contributed by atoms with Crippen molar-refractivity contribution in [2.24, 2.45) is 0 Å². The van der Waals surface area contributed by atoms with Gasteiger partial charge in [-0.3, -0.25) is 19.4 Å². The molecule has 1 aliphatic carbocycles. The lowest BCUT2D eigenvalue weighted by Crippen LogP contribution is -2.52. The fraction of sp³-hybridized carbons (Fsp3) is 0.526. The summed E-state index contributed by atoms with van der Waals surface area (Å²) in [4.78, 5) is 41.5. The summed E-state index contributed by atoms with van der Waals surface area (Å²) >= 11 is 0. The molecule has 9 nitrogen and oxygen atoms in total. The first kappa shape index (κ1) is 20.0. The maximum absolute atomic E-state index is 12.7. The normalized spacial score (nSPS) is 22.8. The Hall–Kier alpha value is -2.30. The molecule has 1 saturated carbocycles. The zero-order chi connectivity index (χ0) is 20.6. The summed E-state index contributed by atoms with van der Waals surface area (Å²) in [5, 5.41) is 0. The molecule has 2 saturated heterocycles. The smallest absolute Gasteiger partial charge is 0.283 e. The first-order chi connectivity index (χ1) is 13.9. The Bertz CT molecular complexity index is 906. The summed E-state index contributed by atoms with van der Waals surface area (Å²) in [6.07, 6.45) is 3.39. The monoisotopic (exact) mass is 420 g/mol. The summed E-state index contributed by atoms with van der Waals surface area (Å²) in [7, 11) is -3.57. The van der Waals surface area contributed by atoms with Crippen LogP contribution in [0.4, 0.5) is 4.79 Å². The lowest BCUT2D eigenvalue weighted by Gasteiger charge is -2.35. The first-order valence-electron chi connectivity index (χ1n) is 9.86. The van der Waals surface area contributed by atoms with Gasteiger partial charge in [-0.1, -0.05) is 31.0 Å². The molecule has 10 heteroatoms. The van der Waals surface area contributed by atoms with Gasteiger partial charge in [-0.25, -0.2) is 18.1 Å². The van der Waals surface area contributed by atoms with E-state index in [0.29, 0.717) is 13.1 Å². The topological polar surface area (TPSA) is 98.3 Å². The van der Waals surface area contributed by atoms with Crippen LogP contribution in [-0.2, 0) is 19.6 Å². The van der Waals surface area contributed by atoms with Crippen molar-refractivity contribution in [3.05, 3.63) is 30.3 Å². The van der Waals surface area contributed by atoms with Gasteiger partial charge in [0.05, 0.1) is 11.6 Å². The van der Waals surface area contributed by atoms with Crippen LogP contribution in [0.3, 0.4) is 0 Å². The SMILES string of the molecule is O=C1C(=O)N(C2CCCC2)C(=O)N1CN1CCN(S(=O)(=O)c2ccccc2)CC1. The fourth-order valence-corrected chi connectivity index (χ4v) is 5.63. The third-order valence-electron chi connectivity index (χ3n) is 5.83. The van der Waals surface area contributed by atoms with Crippen LogP contribution in [0, 0.1) is 0 Å². The van der Waals surface area contributed by atoms with E-state index >= 15 is 0 Å². The Labute approximate surface area is 169 Å². The summed E-state index contributed by atoms with van der Waals surface area (Å²) in [5.74, 6) is -1.53. The number of amides is 4. The summed E-state index contributed by atoms with van der Waals surface area (Å²) in [6.45, 7) is 1.27. The van der Waals surface area contributed by atoms with E-state index in [1.807, 2.05) is 4.90 Å². The molecule has 2 heterocycles. The molecule has 1 aromatic rings. The molecule has 3 fully saturated rings. The molecule has 0 bridgehead atoms. The quantitative estimate of drug-likeness (QED) is 0.513. The number of benzene rings is 1. The van der Waals surface area contributed by atoms with Gasteiger partial charge in [-0.05, 0) is 25.0 Å². The molecule has 0 spiro atoms. The molecule has 0 radical (unpaired) electrons. The van der Waals surface area contributed by atoms with Crippen molar-refractivity contribution in [2.45, 2.75) is 36.6 Å². The second-order valence-corrected chi connectivity index (χ2v) is 9.54. The molecular weight excluding hydrogens is 396 g/mol. The van der Waals surface area contributed by atoms with Gasteiger partial charge in [0.25, 0.3) is 0 Å². The van der Waals surface area contributed by atoms with Crippen molar-refractivity contribution in [3.63, 3.8) is 0 Å². The molecule has 29 heavy (non-hydrogen) atoms. The Morgan fingerprint density at radius 2 is 1.48 bits per heavy atom. The lowest BCUT2D eigenvalue weighted by atomic mass is 10.2. The van der Waals surface area contributed by atoms with Crippen LogP contribution in [0.15, 0.2) is 35.2 Å². The minimum Gasteiger partial charge on any atom is -0.283 e. The van der Waals surface area contributed by atoms with E-state index in [2.05, 4.69) is 0 Å². The maximum atomic E-state index is 12.7. The molecule has 0 atom stereocenters. The highest BCUT2D eigenvalue weighted by atomic mass is 32.2. The molecule has 3 aliphatic rings. The van der Waals surface area contributed by atoms with Gasteiger partial charge < -0.3 is 0 Å². The number of piperazine rings is 1. The zero-order valence-electron chi connectivity index (χ0n) is 16.1.